The van der Waals surface area contributed by atoms with E-state index in [0.717, 1.165) is 25.2 Å². The minimum Gasteiger partial charge on any atom is -0.212 e. The summed E-state index contributed by atoms with van der Waals surface area (Å²) in [7, 11) is -0.921. The highest BCUT2D eigenvalue weighted by Crippen LogP contribution is 2.71. The van der Waals surface area contributed by atoms with Crippen LogP contribution in [-0.2, 0) is 0 Å². The number of hydrogen-bond acceptors (Lipinski definition) is 0. The summed E-state index contributed by atoms with van der Waals surface area (Å²) >= 11 is -7.79. The number of unbranched alkanes of at least 4 members (excludes halogenated alkanes) is 3. The van der Waals surface area contributed by atoms with Gasteiger partial charge >= 0.3 is 0 Å². The molecule has 75 heavy (non-hydrogen) atoms. The molecule has 0 spiro atoms. The molecule has 0 amide bonds. The van der Waals surface area contributed by atoms with Crippen molar-refractivity contribution in [1.29, 1.82) is 0 Å². The lowest BCUT2D eigenvalue weighted by Crippen LogP contribution is -2.58. The van der Waals surface area contributed by atoms with E-state index in [0.29, 0.717) is 5.30 Å². The molecule has 0 saturated heterocycles. The second kappa shape index (κ2) is 20.8. The lowest BCUT2D eigenvalue weighted by atomic mass is 10.1. The van der Waals surface area contributed by atoms with Crippen LogP contribution in [0.15, 0.2) is 65.8 Å². The minimum atomic E-state index is -7.79. The number of hydrogen-bond donors (Lipinski definition) is 0. The normalized spacial score (nSPS) is 19.9. The van der Waals surface area contributed by atoms with Gasteiger partial charge in [-0.2, -0.15) is 4.39 Å². The van der Waals surface area contributed by atoms with Gasteiger partial charge in [0.1, 0.15) is 28.6 Å². The Bertz CT molecular complexity index is 2990. The van der Waals surface area contributed by atoms with Gasteiger partial charge in [0.15, 0.2) is 98.9 Å². The van der Waals surface area contributed by atoms with Crippen LogP contribution < -0.4 is 5.30 Å². The van der Waals surface area contributed by atoms with Crippen LogP contribution in [-0.4, -0.2) is 25.4 Å². The Balaban J connectivity index is 0.000000353. The summed E-state index contributed by atoms with van der Waals surface area (Å²) < 4.78 is 325. The third-order valence-corrected chi connectivity index (χ3v) is 24.9. The smallest absolute Gasteiger partial charge is 0.206 e. The van der Waals surface area contributed by atoms with Crippen molar-refractivity contribution in [2.45, 2.75) is 65.1 Å². The SMILES string of the molecule is CCCCCC[PH+](CCC)c1cccc(F)c1F.FC1=C(F)[CH]([Al-]([CH]2C(F)=C(F)c3c2cc(F)c(F)c3F)([CH]2C(F)=C(F)c3c2cc(F)c(F)c3F)[CH]2C(F)=C(F)c3c2cc(F)c(F)c3F)c2cc(F)c(F)c(F)c21. The number of rotatable bonds is 12. The van der Waals surface area contributed by atoms with Crippen molar-refractivity contribution < 1.29 is 96.6 Å². The third kappa shape index (κ3) is 8.43. The topological polar surface area (TPSA) is 0 Å². The molecular weight excluding hydrogens is 1090 g/mol. The molecular formula is C51H32AlF22P. The van der Waals surface area contributed by atoms with Crippen molar-refractivity contribution in [3.05, 3.63) is 192 Å². The average molecular weight is 1120 g/mol. The van der Waals surface area contributed by atoms with E-state index in [4.69, 9.17) is 0 Å². The lowest BCUT2D eigenvalue weighted by Gasteiger charge is -2.54. The molecule has 0 bridgehead atoms. The molecule has 0 nitrogen and oxygen atoms in total. The standard InChI is InChI=1S/C15H23F2P.4C9H2F5.Al/c1-3-5-6-7-12-18(11-4-2)14-10-8-9-13(16)15(14)17;4*10-4-1-3-2-5(11)8(13)9(14)6(3)7(4)12;/h8-10H,3-7,11-12H2,1-2H3;4*1-2H;/q;;;;;-1/p+1. The Morgan fingerprint density at radius 1 is 0.347 bits per heavy atom. The zero-order chi connectivity index (χ0) is 55.2. The first-order valence-electron chi connectivity index (χ1n) is 22.7. The van der Waals surface area contributed by atoms with Gasteiger partial charge in [0.2, 0.25) is 18.9 Å². The molecule has 0 aromatic heterocycles. The minimum absolute atomic E-state index is 0.349. The lowest BCUT2D eigenvalue weighted by molar-refractivity contribution is 0.441. The largest absolute Gasteiger partial charge is 0.212 e. The number of fused-ring (bicyclic) bond motifs is 4. The van der Waals surface area contributed by atoms with E-state index in [9.17, 15) is 26.3 Å². The fraction of sp³-hybridized carbons (Fsp3) is 0.255. The zero-order valence-corrected chi connectivity index (χ0v) is 40.3. The highest BCUT2D eigenvalue weighted by atomic mass is 31.1. The predicted molar refractivity (Wildman–Crippen MR) is 237 cm³/mol. The molecule has 398 valence electrons. The Labute approximate surface area is 414 Å². The van der Waals surface area contributed by atoms with E-state index < -0.39 is 213 Å². The maximum atomic E-state index is 17.0. The Kier molecular flexibility index (Phi) is 15.4. The Hall–Kier alpha value is -5.52. The van der Waals surface area contributed by atoms with E-state index in [2.05, 4.69) is 13.8 Å². The van der Waals surface area contributed by atoms with Gasteiger partial charge < -0.3 is 0 Å². The first-order valence-corrected chi connectivity index (χ1v) is 27.3. The van der Waals surface area contributed by atoms with Gasteiger partial charge in [0.05, 0.1) is 34.6 Å². The van der Waals surface area contributed by atoms with Gasteiger partial charge in [0, 0.05) is 7.92 Å². The van der Waals surface area contributed by atoms with Gasteiger partial charge in [-0.3, -0.25) is 0 Å². The number of allylic oxidation sites excluding steroid dienone is 4. The van der Waals surface area contributed by atoms with Crippen LogP contribution in [0, 0.1) is 81.4 Å². The molecule has 4 aliphatic carbocycles. The van der Waals surface area contributed by atoms with E-state index in [1.807, 2.05) is 0 Å². The Morgan fingerprint density at radius 3 is 0.960 bits per heavy atom. The number of halogens is 22. The second-order valence-corrected chi connectivity index (χ2v) is 26.0. The van der Waals surface area contributed by atoms with Crippen LogP contribution in [0.5, 0.6) is 0 Å². The maximum absolute atomic E-state index is 17.0. The van der Waals surface area contributed by atoms with Gasteiger partial charge in [-0.15, -0.1) is 0 Å². The van der Waals surface area contributed by atoms with Crippen LogP contribution in [0.4, 0.5) is 96.6 Å². The van der Waals surface area contributed by atoms with Gasteiger partial charge in [-0.05, 0) is 55.7 Å². The summed E-state index contributed by atoms with van der Waals surface area (Å²) in [5.41, 5.74) is -15.2. The monoisotopic (exact) mass is 1120 g/mol. The van der Waals surface area contributed by atoms with Crippen molar-refractivity contribution in [1.82, 2.24) is 0 Å². The molecule has 5 aromatic rings. The molecule has 5 unspecified atom stereocenters. The molecule has 0 saturated carbocycles. The number of benzene rings is 5. The molecule has 0 radical (unpaired) electrons. The highest BCUT2D eigenvalue weighted by Gasteiger charge is 2.68. The van der Waals surface area contributed by atoms with E-state index in [1.54, 1.807) is 12.1 Å². The first kappa shape index (κ1) is 55.7. The maximum Gasteiger partial charge on any atom is 0.206 e. The van der Waals surface area contributed by atoms with Gasteiger partial charge in [0.25, 0.3) is 0 Å². The molecule has 0 aliphatic heterocycles. The summed E-state index contributed by atoms with van der Waals surface area (Å²) in [6, 6.07) is 3.23. The average Bonchev–Trinajstić information content (AvgIpc) is 3.97. The highest BCUT2D eigenvalue weighted by molar-refractivity contribution is 7.65. The van der Waals surface area contributed by atoms with Crippen LogP contribution in [0.1, 0.15) is 110 Å². The summed E-state index contributed by atoms with van der Waals surface area (Å²) in [5, 5.41) is 0.665. The van der Waals surface area contributed by atoms with Crippen LogP contribution >= 0.6 is 7.92 Å². The zero-order valence-electron chi connectivity index (χ0n) is 38.2. The molecule has 9 rings (SSSR count). The fourth-order valence-electron chi connectivity index (χ4n) is 11.5. The first-order chi connectivity index (χ1) is 35.3. The van der Waals surface area contributed by atoms with Crippen LogP contribution in [0.2, 0.25) is 0 Å². The molecule has 0 N–H and O–H groups in total. The van der Waals surface area contributed by atoms with Crippen LogP contribution in [0.3, 0.4) is 0 Å². The predicted octanol–water partition coefficient (Wildman–Crippen LogP) is 17.7. The summed E-state index contributed by atoms with van der Waals surface area (Å²) in [5.74, 6) is -54.0. The summed E-state index contributed by atoms with van der Waals surface area (Å²) in [6.07, 6.45) is 7.98. The van der Waals surface area contributed by atoms with Crippen molar-refractivity contribution in [3.63, 3.8) is 0 Å². The van der Waals surface area contributed by atoms with E-state index in [1.165, 1.54) is 25.3 Å². The molecule has 0 fully saturated rings. The quantitative estimate of drug-likeness (QED) is 0.0384. The Morgan fingerprint density at radius 2 is 0.667 bits per heavy atom. The molecule has 0 heterocycles. The van der Waals surface area contributed by atoms with Crippen molar-refractivity contribution >= 4 is 49.6 Å². The van der Waals surface area contributed by atoms with Crippen molar-refractivity contribution in [2.24, 2.45) is 0 Å². The molecule has 24 heteroatoms. The summed E-state index contributed by atoms with van der Waals surface area (Å²) in [6.45, 7) is 4.30. The third-order valence-electron chi connectivity index (χ3n) is 14.4. The molecule has 5 atom stereocenters. The second-order valence-electron chi connectivity index (χ2n) is 18.3. The van der Waals surface area contributed by atoms with E-state index >= 15 is 70.2 Å². The van der Waals surface area contributed by atoms with Crippen molar-refractivity contribution in [2.75, 3.05) is 12.3 Å². The van der Waals surface area contributed by atoms with Crippen molar-refractivity contribution in [3.8, 4) is 0 Å². The van der Waals surface area contributed by atoms with Gasteiger partial charge in [-0.25, -0.2) is 92.2 Å². The summed E-state index contributed by atoms with van der Waals surface area (Å²) in [4.78, 5) is 0. The molecule has 4 aliphatic rings. The van der Waals surface area contributed by atoms with E-state index in [-0.39, 0.29) is 24.3 Å². The van der Waals surface area contributed by atoms with Crippen LogP contribution in [0.25, 0.3) is 23.3 Å². The van der Waals surface area contributed by atoms with Gasteiger partial charge in [-0.1, -0.05) is 74.1 Å². The molecule has 5 aromatic carbocycles. The fourth-order valence-corrected chi connectivity index (χ4v) is 22.8.